The molecule has 0 saturated carbocycles. The monoisotopic (exact) mass is 302 g/mol. The second-order valence-corrected chi connectivity index (χ2v) is 4.42. The summed E-state index contributed by atoms with van der Waals surface area (Å²) in [6, 6.07) is 3.68. The van der Waals surface area contributed by atoms with E-state index >= 15 is 0 Å². The van der Waals surface area contributed by atoms with Gasteiger partial charge in [-0.3, -0.25) is 4.79 Å². The highest BCUT2D eigenvalue weighted by Gasteiger charge is 2.16. The Bertz CT molecular complexity index is 480. The first-order chi connectivity index (χ1) is 7.47. The first-order valence-electron chi connectivity index (χ1n) is 4.48. The van der Waals surface area contributed by atoms with E-state index in [-0.39, 0.29) is 16.4 Å². The van der Waals surface area contributed by atoms with Gasteiger partial charge in [0.25, 0.3) is 0 Å². The second-order valence-electron chi connectivity index (χ2n) is 3.06. The molecule has 0 spiro atoms. The molecule has 1 nitrogen and oxygen atoms in total. The van der Waals surface area contributed by atoms with Crippen molar-refractivity contribution in [1.82, 2.24) is 0 Å². The largest absolute Gasteiger partial charge is 0.289 e. The Labute approximate surface area is 107 Å². The lowest BCUT2D eigenvalue weighted by molar-refractivity contribution is 0.103. The Hall–Kier alpha value is -0.930. The number of carbonyl (C=O) groups excluding carboxylic acids is 1. The summed E-state index contributed by atoms with van der Waals surface area (Å²) in [5, 5.41) is 0.222. The van der Waals surface area contributed by atoms with Crippen LogP contribution < -0.4 is 0 Å². The zero-order valence-electron chi connectivity index (χ0n) is 8.56. The summed E-state index contributed by atoms with van der Waals surface area (Å²) in [6.45, 7) is 5.32. The van der Waals surface area contributed by atoms with Gasteiger partial charge < -0.3 is 0 Å². The lowest BCUT2D eigenvalue weighted by Gasteiger charge is -2.06. The summed E-state index contributed by atoms with van der Waals surface area (Å²) < 4.78 is 13.5. The number of hydrogen-bond donors (Lipinski definition) is 0. The summed E-state index contributed by atoms with van der Waals surface area (Å²) in [5.74, 6) is -0.850. The predicted octanol–water partition coefficient (Wildman–Crippen LogP) is 4.52. The molecule has 0 radical (unpaired) electrons. The fraction of sp³-hybridized carbons (Fsp3) is 0.0833. The molecule has 0 aliphatic heterocycles. The zero-order chi connectivity index (χ0) is 12.3. The molecule has 1 aromatic carbocycles. The fourth-order valence-corrected chi connectivity index (χ4v) is 1.84. The summed E-state index contributed by atoms with van der Waals surface area (Å²) in [7, 11) is 0. The number of hydrogen-bond acceptors (Lipinski definition) is 1. The smallest absolute Gasteiger partial charge is 0.195 e. The molecule has 0 aromatic heterocycles. The van der Waals surface area contributed by atoms with Crippen molar-refractivity contribution in [2.75, 3.05) is 0 Å². The van der Waals surface area contributed by atoms with Gasteiger partial charge in [-0.15, -0.1) is 0 Å². The molecular weight excluding hydrogens is 294 g/mol. The average molecular weight is 304 g/mol. The third-order valence-corrected chi connectivity index (χ3v) is 2.76. The third-order valence-electron chi connectivity index (χ3n) is 2.00. The SMILES string of the molecule is C=C(Br)/C(=C/C)C(=O)c1cc(F)ccc1Cl. The summed E-state index contributed by atoms with van der Waals surface area (Å²) in [5.41, 5.74) is 0.503. The minimum absolute atomic E-state index is 0.135. The quantitative estimate of drug-likeness (QED) is 0.456. The van der Waals surface area contributed by atoms with E-state index in [4.69, 9.17) is 11.6 Å². The number of benzene rings is 1. The highest BCUT2D eigenvalue weighted by Crippen LogP contribution is 2.25. The van der Waals surface area contributed by atoms with Gasteiger partial charge in [0.15, 0.2) is 5.78 Å². The lowest BCUT2D eigenvalue weighted by atomic mass is 10.0. The number of allylic oxidation sites excluding steroid dienone is 3. The topological polar surface area (TPSA) is 17.1 Å². The first-order valence-corrected chi connectivity index (χ1v) is 5.65. The molecule has 0 unspecified atom stereocenters. The number of halogens is 3. The molecule has 1 aromatic rings. The zero-order valence-corrected chi connectivity index (χ0v) is 10.9. The Morgan fingerprint density at radius 2 is 2.19 bits per heavy atom. The molecular formula is C12H9BrClFO. The molecule has 0 atom stereocenters. The maximum atomic E-state index is 13.0. The van der Waals surface area contributed by atoms with Crippen LogP contribution in [0.15, 0.2) is 40.9 Å². The van der Waals surface area contributed by atoms with Crippen molar-refractivity contribution in [1.29, 1.82) is 0 Å². The Kier molecular flexibility index (Phi) is 4.44. The molecule has 0 saturated heterocycles. The van der Waals surface area contributed by atoms with Crippen LogP contribution in [0.25, 0.3) is 0 Å². The van der Waals surface area contributed by atoms with Gasteiger partial charge in [0.1, 0.15) is 5.82 Å². The van der Waals surface area contributed by atoms with Crippen molar-refractivity contribution in [3.63, 3.8) is 0 Å². The molecule has 84 valence electrons. The highest BCUT2D eigenvalue weighted by molar-refractivity contribution is 9.12. The van der Waals surface area contributed by atoms with Crippen molar-refractivity contribution in [3.8, 4) is 0 Å². The van der Waals surface area contributed by atoms with Crippen LogP contribution in [0, 0.1) is 5.82 Å². The number of rotatable bonds is 3. The fourth-order valence-electron chi connectivity index (χ4n) is 1.23. The lowest BCUT2D eigenvalue weighted by Crippen LogP contribution is -2.04. The van der Waals surface area contributed by atoms with E-state index in [2.05, 4.69) is 22.5 Å². The maximum absolute atomic E-state index is 13.0. The van der Waals surface area contributed by atoms with E-state index in [9.17, 15) is 9.18 Å². The third kappa shape index (κ3) is 2.80. The predicted molar refractivity (Wildman–Crippen MR) is 67.6 cm³/mol. The van der Waals surface area contributed by atoms with Crippen LogP contribution in [-0.4, -0.2) is 5.78 Å². The molecule has 4 heteroatoms. The summed E-state index contributed by atoms with van der Waals surface area (Å²) in [4.78, 5) is 12.0. The average Bonchev–Trinajstić information content (AvgIpc) is 2.22. The number of ketones is 1. The Morgan fingerprint density at radius 3 is 2.69 bits per heavy atom. The van der Waals surface area contributed by atoms with Gasteiger partial charge in [0.05, 0.1) is 5.02 Å². The van der Waals surface area contributed by atoms with Crippen molar-refractivity contribution in [2.45, 2.75) is 6.92 Å². The van der Waals surface area contributed by atoms with E-state index in [1.807, 2.05) is 0 Å². The van der Waals surface area contributed by atoms with E-state index in [0.29, 0.717) is 10.1 Å². The Morgan fingerprint density at radius 1 is 1.56 bits per heavy atom. The number of carbonyl (C=O) groups is 1. The van der Waals surface area contributed by atoms with Crippen LogP contribution in [0.1, 0.15) is 17.3 Å². The highest BCUT2D eigenvalue weighted by atomic mass is 79.9. The normalized spacial score (nSPS) is 11.4. The maximum Gasteiger partial charge on any atom is 0.195 e. The van der Waals surface area contributed by atoms with E-state index in [0.717, 1.165) is 6.07 Å². The summed E-state index contributed by atoms with van der Waals surface area (Å²) >= 11 is 8.96. The van der Waals surface area contributed by atoms with Crippen LogP contribution in [0.3, 0.4) is 0 Å². The molecule has 0 aliphatic rings. The van der Waals surface area contributed by atoms with Gasteiger partial charge in [-0.05, 0) is 25.1 Å². The standard InChI is InChI=1S/C12H9BrClFO/c1-3-9(7(2)13)12(16)10-6-8(15)4-5-11(10)14/h3-6H,2H2,1H3/b9-3-. The Balaban J connectivity index is 3.24. The van der Waals surface area contributed by atoms with Gasteiger partial charge in [-0.25, -0.2) is 4.39 Å². The van der Waals surface area contributed by atoms with Crippen LogP contribution in [0.2, 0.25) is 5.02 Å². The molecule has 0 N–H and O–H groups in total. The van der Waals surface area contributed by atoms with E-state index < -0.39 is 5.82 Å². The second kappa shape index (κ2) is 5.41. The summed E-state index contributed by atoms with van der Waals surface area (Å²) in [6.07, 6.45) is 1.60. The minimum atomic E-state index is -0.497. The van der Waals surface area contributed by atoms with Gasteiger partial charge >= 0.3 is 0 Å². The van der Waals surface area contributed by atoms with Crippen LogP contribution in [0.5, 0.6) is 0 Å². The van der Waals surface area contributed by atoms with Crippen molar-refractivity contribution >= 4 is 33.3 Å². The molecule has 16 heavy (non-hydrogen) atoms. The van der Waals surface area contributed by atoms with E-state index in [1.54, 1.807) is 13.0 Å². The molecule has 0 fully saturated rings. The first kappa shape index (κ1) is 13.1. The van der Waals surface area contributed by atoms with Crippen LogP contribution in [0.4, 0.5) is 4.39 Å². The van der Waals surface area contributed by atoms with E-state index in [1.165, 1.54) is 12.1 Å². The minimum Gasteiger partial charge on any atom is -0.289 e. The van der Waals surface area contributed by atoms with Crippen LogP contribution >= 0.6 is 27.5 Å². The van der Waals surface area contributed by atoms with Crippen LogP contribution in [-0.2, 0) is 0 Å². The van der Waals surface area contributed by atoms with Gasteiger partial charge in [-0.2, -0.15) is 0 Å². The number of Topliss-reactive ketones (excluding diaryl/α,β-unsaturated/α-hetero) is 1. The molecule has 0 heterocycles. The van der Waals surface area contributed by atoms with Gasteiger partial charge in [0, 0.05) is 15.6 Å². The molecule has 0 aliphatic carbocycles. The molecule has 0 bridgehead atoms. The van der Waals surface area contributed by atoms with Crippen molar-refractivity contribution in [2.24, 2.45) is 0 Å². The molecule has 1 rings (SSSR count). The van der Waals surface area contributed by atoms with Crippen molar-refractivity contribution in [3.05, 3.63) is 57.3 Å². The van der Waals surface area contributed by atoms with Gasteiger partial charge in [0.2, 0.25) is 0 Å². The molecule has 0 amide bonds. The van der Waals surface area contributed by atoms with Gasteiger partial charge in [-0.1, -0.05) is 40.2 Å². The van der Waals surface area contributed by atoms with Crippen molar-refractivity contribution < 1.29 is 9.18 Å².